The maximum absolute atomic E-state index is 10.2. The molecule has 0 spiro atoms. The van der Waals surface area contributed by atoms with E-state index in [4.69, 9.17) is 5.11 Å². The highest BCUT2D eigenvalue weighted by Crippen LogP contribution is 1.94. The Balaban J connectivity index is 3.83. The summed E-state index contributed by atoms with van der Waals surface area (Å²) in [5.74, 6) is -0.953. The van der Waals surface area contributed by atoms with Gasteiger partial charge in [0.25, 0.3) is 0 Å². The summed E-state index contributed by atoms with van der Waals surface area (Å²) in [7, 11) is 3.34. The summed E-state index contributed by atoms with van der Waals surface area (Å²) in [4.78, 5) is 21.8. The molecule has 0 radical (unpaired) electrons. The van der Waals surface area contributed by atoms with Gasteiger partial charge in [0.05, 0.1) is 12.5 Å². The van der Waals surface area contributed by atoms with E-state index < -0.39 is 12.0 Å². The number of rotatable bonds is 4. The minimum Gasteiger partial charge on any atom is -0.481 e. The van der Waals surface area contributed by atoms with Gasteiger partial charge < -0.3 is 9.90 Å². The van der Waals surface area contributed by atoms with E-state index in [1.54, 1.807) is 19.0 Å². The smallest absolute Gasteiger partial charge is 0.305 e. The summed E-state index contributed by atoms with van der Waals surface area (Å²) in [6.45, 7) is 0. The van der Waals surface area contributed by atoms with Crippen LogP contribution in [-0.4, -0.2) is 42.4 Å². The van der Waals surface area contributed by atoms with Gasteiger partial charge in [-0.15, -0.1) is 0 Å². The third kappa shape index (κ3) is 3.19. The SMILES string of the molecule is CN(C)C(C=O)CC(=O)O. The summed E-state index contributed by atoms with van der Waals surface area (Å²) in [5.41, 5.74) is 0. The first-order valence-corrected chi connectivity index (χ1v) is 2.91. The number of hydrogen-bond donors (Lipinski definition) is 1. The summed E-state index contributed by atoms with van der Waals surface area (Å²) >= 11 is 0. The van der Waals surface area contributed by atoms with Crippen molar-refractivity contribution < 1.29 is 14.7 Å². The predicted octanol–water partition coefficient (Wildman–Crippen LogP) is -0.410. The van der Waals surface area contributed by atoms with Gasteiger partial charge in [0.2, 0.25) is 0 Å². The molecule has 0 aromatic rings. The van der Waals surface area contributed by atoms with Crippen molar-refractivity contribution in [3.63, 3.8) is 0 Å². The largest absolute Gasteiger partial charge is 0.481 e. The number of likely N-dealkylation sites (N-methyl/N-ethyl adjacent to an activating group) is 1. The average Bonchev–Trinajstić information content (AvgIpc) is 1.81. The molecule has 58 valence electrons. The second-order valence-corrected chi connectivity index (χ2v) is 2.26. The highest BCUT2D eigenvalue weighted by molar-refractivity contribution is 5.73. The van der Waals surface area contributed by atoms with E-state index in [1.165, 1.54) is 0 Å². The van der Waals surface area contributed by atoms with Crippen molar-refractivity contribution in [3.8, 4) is 0 Å². The van der Waals surface area contributed by atoms with E-state index in [2.05, 4.69) is 0 Å². The van der Waals surface area contributed by atoms with Crippen molar-refractivity contribution >= 4 is 12.3 Å². The number of carboxylic acid groups (broad SMARTS) is 1. The summed E-state index contributed by atoms with van der Waals surface area (Å²) in [6.07, 6.45) is 0.505. The van der Waals surface area contributed by atoms with Crippen molar-refractivity contribution in [1.82, 2.24) is 4.90 Å². The van der Waals surface area contributed by atoms with Crippen LogP contribution in [0.1, 0.15) is 6.42 Å². The molecular formula is C6H11NO3. The fourth-order valence-electron chi connectivity index (χ4n) is 0.531. The summed E-state index contributed by atoms with van der Waals surface area (Å²) in [6, 6.07) is -0.502. The second-order valence-electron chi connectivity index (χ2n) is 2.26. The molecule has 1 N–H and O–H groups in total. The van der Waals surface area contributed by atoms with Crippen LogP contribution in [0.3, 0.4) is 0 Å². The lowest BCUT2D eigenvalue weighted by Gasteiger charge is -2.15. The zero-order valence-corrected chi connectivity index (χ0v) is 6.07. The lowest BCUT2D eigenvalue weighted by molar-refractivity contribution is -0.139. The van der Waals surface area contributed by atoms with Gasteiger partial charge in [-0.3, -0.25) is 9.69 Å². The Labute approximate surface area is 59.4 Å². The predicted molar refractivity (Wildman–Crippen MR) is 35.8 cm³/mol. The Morgan fingerprint density at radius 3 is 2.30 bits per heavy atom. The fourth-order valence-corrected chi connectivity index (χ4v) is 0.531. The molecule has 0 aliphatic rings. The number of aliphatic carboxylic acids is 1. The fraction of sp³-hybridized carbons (Fsp3) is 0.667. The monoisotopic (exact) mass is 145 g/mol. The number of carbonyl (C=O) groups is 2. The first kappa shape index (κ1) is 9.10. The van der Waals surface area contributed by atoms with Crippen molar-refractivity contribution in [2.75, 3.05) is 14.1 Å². The van der Waals surface area contributed by atoms with Crippen LogP contribution >= 0.6 is 0 Å². The van der Waals surface area contributed by atoms with E-state index in [9.17, 15) is 9.59 Å². The van der Waals surface area contributed by atoms with Crippen LogP contribution < -0.4 is 0 Å². The lowest BCUT2D eigenvalue weighted by Crippen LogP contribution is -2.31. The minimum atomic E-state index is -0.953. The summed E-state index contributed by atoms with van der Waals surface area (Å²) in [5, 5.41) is 8.28. The Kier molecular flexibility index (Phi) is 3.64. The van der Waals surface area contributed by atoms with Crippen LogP contribution in [0.15, 0.2) is 0 Å². The first-order valence-electron chi connectivity index (χ1n) is 2.91. The molecule has 0 bridgehead atoms. The second kappa shape index (κ2) is 4.00. The number of aldehydes is 1. The van der Waals surface area contributed by atoms with Gasteiger partial charge in [-0.05, 0) is 14.1 Å². The molecule has 4 heteroatoms. The van der Waals surface area contributed by atoms with E-state index in [-0.39, 0.29) is 6.42 Å². The highest BCUT2D eigenvalue weighted by Gasteiger charge is 2.13. The van der Waals surface area contributed by atoms with Gasteiger partial charge in [-0.1, -0.05) is 0 Å². The van der Waals surface area contributed by atoms with E-state index in [1.807, 2.05) is 0 Å². The molecule has 0 saturated heterocycles. The third-order valence-corrected chi connectivity index (χ3v) is 1.20. The number of carboxylic acids is 1. The molecule has 0 aliphatic heterocycles. The molecule has 10 heavy (non-hydrogen) atoms. The quantitative estimate of drug-likeness (QED) is 0.546. The van der Waals surface area contributed by atoms with Crippen molar-refractivity contribution in [1.29, 1.82) is 0 Å². The molecule has 0 rings (SSSR count). The Morgan fingerprint density at radius 2 is 2.20 bits per heavy atom. The molecule has 0 saturated carbocycles. The Morgan fingerprint density at radius 1 is 1.70 bits per heavy atom. The van der Waals surface area contributed by atoms with Crippen LogP contribution in [0.25, 0.3) is 0 Å². The van der Waals surface area contributed by atoms with Gasteiger partial charge in [-0.25, -0.2) is 0 Å². The molecule has 1 atom stereocenters. The topological polar surface area (TPSA) is 57.6 Å². The first-order chi connectivity index (χ1) is 4.57. The molecule has 0 aromatic heterocycles. The minimum absolute atomic E-state index is 0.128. The van der Waals surface area contributed by atoms with E-state index >= 15 is 0 Å². The molecule has 0 heterocycles. The molecule has 0 fully saturated rings. The third-order valence-electron chi connectivity index (χ3n) is 1.20. The van der Waals surface area contributed by atoms with Gasteiger partial charge in [-0.2, -0.15) is 0 Å². The van der Waals surface area contributed by atoms with Gasteiger partial charge >= 0.3 is 5.97 Å². The molecule has 0 amide bonds. The maximum Gasteiger partial charge on any atom is 0.305 e. The Bertz CT molecular complexity index is 133. The van der Waals surface area contributed by atoms with Crippen LogP contribution in [0, 0.1) is 0 Å². The molecule has 4 nitrogen and oxygen atoms in total. The van der Waals surface area contributed by atoms with Crippen LogP contribution in [0.2, 0.25) is 0 Å². The van der Waals surface area contributed by atoms with Crippen molar-refractivity contribution in [2.24, 2.45) is 0 Å². The van der Waals surface area contributed by atoms with Crippen LogP contribution in [0.4, 0.5) is 0 Å². The lowest BCUT2D eigenvalue weighted by atomic mass is 10.2. The standard InChI is InChI=1S/C6H11NO3/c1-7(2)5(4-8)3-6(9)10/h4-5H,3H2,1-2H3,(H,9,10). The number of carbonyl (C=O) groups excluding carboxylic acids is 1. The normalized spacial score (nSPS) is 13.1. The van der Waals surface area contributed by atoms with Gasteiger partial charge in [0.1, 0.15) is 6.29 Å². The number of hydrogen-bond acceptors (Lipinski definition) is 3. The van der Waals surface area contributed by atoms with Crippen molar-refractivity contribution in [3.05, 3.63) is 0 Å². The zero-order valence-electron chi connectivity index (χ0n) is 6.07. The maximum atomic E-state index is 10.2. The molecule has 1 unspecified atom stereocenters. The summed E-state index contributed by atoms with van der Waals surface area (Å²) < 4.78 is 0. The molecule has 0 aromatic carbocycles. The molecule has 0 aliphatic carbocycles. The van der Waals surface area contributed by atoms with Gasteiger partial charge in [0, 0.05) is 0 Å². The van der Waals surface area contributed by atoms with Crippen LogP contribution in [0.5, 0.6) is 0 Å². The zero-order chi connectivity index (χ0) is 8.15. The van der Waals surface area contributed by atoms with E-state index in [0.717, 1.165) is 0 Å². The van der Waals surface area contributed by atoms with Gasteiger partial charge in [0.15, 0.2) is 0 Å². The molecular weight excluding hydrogens is 134 g/mol. The van der Waals surface area contributed by atoms with Crippen LogP contribution in [-0.2, 0) is 9.59 Å². The van der Waals surface area contributed by atoms with Crippen molar-refractivity contribution in [2.45, 2.75) is 12.5 Å². The number of nitrogens with zero attached hydrogens (tertiary/aromatic N) is 1. The van der Waals surface area contributed by atoms with E-state index in [0.29, 0.717) is 6.29 Å². The Hall–Kier alpha value is -0.900. The average molecular weight is 145 g/mol. The highest BCUT2D eigenvalue weighted by atomic mass is 16.4.